The average molecular weight is 258 g/mol. The summed E-state index contributed by atoms with van der Waals surface area (Å²) >= 11 is 5.65. The largest absolute Gasteiger partial charge is 0.493 e. The fourth-order valence-electron chi connectivity index (χ4n) is 1.72. The number of nitrogens with one attached hydrogen (secondary N) is 1. The van der Waals surface area contributed by atoms with Gasteiger partial charge in [0.05, 0.1) is 20.2 Å². The number of halogens is 1. The van der Waals surface area contributed by atoms with Crippen LogP contribution in [0.15, 0.2) is 18.2 Å². The van der Waals surface area contributed by atoms with E-state index in [0.29, 0.717) is 6.00 Å². The molecule has 1 rings (SSSR count). The van der Waals surface area contributed by atoms with Gasteiger partial charge in [-0.15, -0.1) is 11.6 Å². The average Bonchev–Trinajstić information content (AvgIpc) is 2.35. The van der Waals surface area contributed by atoms with E-state index in [1.807, 2.05) is 12.1 Å². The van der Waals surface area contributed by atoms with Crippen LogP contribution in [-0.2, 0) is 5.41 Å². The summed E-state index contributed by atoms with van der Waals surface area (Å²) in [5, 5.41) is 3.15. The highest BCUT2D eigenvalue weighted by Gasteiger charge is 2.21. The Bertz CT molecular complexity index is 366. The quantitative estimate of drug-likeness (QED) is 0.628. The molecule has 0 bridgehead atoms. The first-order valence-electron chi connectivity index (χ1n) is 5.54. The van der Waals surface area contributed by atoms with Crippen LogP contribution in [0.25, 0.3) is 0 Å². The highest BCUT2D eigenvalue weighted by Crippen LogP contribution is 2.32. The first-order valence-corrected chi connectivity index (χ1v) is 6.08. The molecule has 0 aliphatic heterocycles. The molecule has 0 atom stereocenters. The van der Waals surface area contributed by atoms with E-state index >= 15 is 0 Å². The van der Waals surface area contributed by atoms with Crippen molar-refractivity contribution in [2.75, 3.05) is 26.8 Å². The number of benzene rings is 1. The predicted octanol–water partition coefficient (Wildman–Crippen LogP) is 2.77. The molecule has 0 heterocycles. The number of rotatable bonds is 6. The van der Waals surface area contributed by atoms with E-state index in [9.17, 15) is 0 Å². The van der Waals surface area contributed by atoms with Gasteiger partial charge in [0, 0.05) is 12.0 Å². The molecule has 0 aliphatic rings. The van der Waals surface area contributed by atoms with Crippen LogP contribution in [-0.4, -0.2) is 26.8 Å². The number of hydrogen-bond acceptors (Lipinski definition) is 3. The second-order valence-corrected chi connectivity index (χ2v) is 4.78. The van der Waals surface area contributed by atoms with E-state index in [2.05, 4.69) is 25.2 Å². The van der Waals surface area contributed by atoms with Gasteiger partial charge in [-0.1, -0.05) is 19.9 Å². The van der Waals surface area contributed by atoms with Crippen molar-refractivity contribution in [1.29, 1.82) is 0 Å². The van der Waals surface area contributed by atoms with Gasteiger partial charge in [-0.3, -0.25) is 0 Å². The van der Waals surface area contributed by atoms with E-state index in [-0.39, 0.29) is 5.41 Å². The summed E-state index contributed by atoms with van der Waals surface area (Å²) in [6, 6.07) is 6.44. The molecule has 96 valence electrons. The molecule has 0 radical (unpaired) electrons. The molecular formula is C13H20ClNO2. The molecule has 0 spiro atoms. The van der Waals surface area contributed by atoms with Gasteiger partial charge in [0.2, 0.25) is 0 Å². The van der Waals surface area contributed by atoms with Crippen molar-refractivity contribution in [1.82, 2.24) is 5.32 Å². The van der Waals surface area contributed by atoms with Crippen molar-refractivity contribution >= 4 is 11.6 Å². The van der Waals surface area contributed by atoms with Crippen LogP contribution in [0, 0.1) is 0 Å². The summed E-state index contributed by atoms with van der Waals surface area (Å²) < 4.78 is 10.5. The molecule has 1 aromatic carbocycles. The molecular weight excluding hydrogens is 238 g/mol. The first kappa shape index (κ1) is 14.1. The molecule has 4 heteroatoms. The summed E-state index contributed by atoms with van der Waals surface area (Å²) in [7, 11) is 3.28. The summed E-state index contributed by atoms with van der Waals surface area (Å²) in [6.07, 6.45) is 0. The van der Waals surface area contributed by atoms with Gasteiger partial charge in [0.25, 0.3) is 0 Å². The standard InChI is InChI=1S/C13H20ClNO2/c1-13(2,8-15-9-14)10-5-6-11(16-3)12(7-10)17-4/h5-7,15H,8-9H2,1-4H3. The van der Waals surface area contributed by atoms with Gasteiger partial charge in [0.1, 0.15) is 0 Å². The molecule has 0 unspecified atom stereocenters. The summed E-state index contributed by atoms with van der Waals surface area (Å²) in [5.74, 6) is 1.50. The topological polar surface area (TPSA) is 30.5 Å². The third-order valence-corrected chi connectivity index (χ3v) is 3.02. The summed E-state index contributed by atoms with van der Waals surface area (Å²) in [4.78, 5) is 0. The molecule has 1 aromatic rings. The fraction of sp³-hybridized carbons (Fsp3) is 0.538. The van der Waals surface area contributed by atoms with Crippen molar-refractivity contribution in [3.05, 3.63) is 23.8 Å². The zero-order valence-corrected chi connectivity index (χ0v) is 11.6. The van der Waals surface area contributed by atoms with Crippen molar-refractivity contribution in [2.45, 2.75) is 19.3 Å². The van der Waals surface area contributed by atoms with Crippen LogP contribution in [0.5, 0.6) is 11.5 Å². The first-order chi connectivity index (χ1) is 8.05. The Morgan fingerprint density at radius 2 is 1.82 bits per heavy atom. The molecule has 0 saturated heterocycles. The highest BCUT2D eigenvalue weighted by atomic mass is 35.5. The van der Waals surface area contributed by atoms with E-state index in [4.69, 9.17) is 21.1 Å². The molecule has 0 amide bonds. The van der Waals surface area contributed by atoms with Crippen LogP contribution in [0.1, 0.15) is 19.4 Å². The van der Waals surface area contributed by atoms with Gasteiger partial charge in [0.15, 0.2) is 11.5 Å². The predicted molar refractivity (Wildman–Crippen MR) is 71.3 cm³/mol. The summed E-state index contributed by atoms with van der Waals surface area (Å²) in [5.41, 5.74) is 1.18. The number of alkyl halides is 1. The smallest absolute Gasteiger partial charge is 0.161 e. The van der Waals surface area contributed by atoms with Crippen LogP contribution in [0.2, 0.25) is 0 Å². The molecule has 0 saturated carbocycles. The van der Waals surface area contributed by atoms with Crippen molar-refractivity contribution in [3.8, 4) is 11.5 Å². The molecule has 17 heavy (non-hydrogen) atoms. The Kier molecular flexibility index (Phi) is 5.09. The van der Waals surface area contributed by atoms with E-state index in [0.717, 1.165) is 18.0 Å². The van der Waals surface area contributed by atoms with Gasteiger partial charge >= 0.3 is 0 Å². The zero-order valence-electron chi connectivity index (χ0n) is 10.8. The minimum absolute atomic E-state index is 0.00551. The molecule has 0 aliphatic carbocycles. The second-order valence-electron chi connectivity index (χ2n) is 4.51. The van der Waals surface area contributed by atoms with Crippen LogP contribution >= 0.6 is 11.6 Å². The number of methoxy groups -OCH3 is 2. The van der Waals surface area contributed by atoms with E-state index in [1.165, 1.54) is 5.56 Å². The molecule has 0 aromatic heterocycles. The van der Waals surface area contributed by atoms with Gasteiger partial charge in [-0.2, -0.15) is 0 Å². The minimum Gasteiger partial charge on any atom is -0.493 e. The monoisotopic (exact) mass is 257 g/mol. The van der Waals surface area contributed by atoms with Crippen LogP contribution in [0.3, 0.4) is 0 Å². The highest BCUT2D eigenvalue weighted by molar-refractivity contribution is 6.17. The normalized spacial score (nSPS) is 11.4. The maximum Gasteiger partial charge on any atom is 0.161 e. The van der Waals surface area contributed by atoms with Gasteiger partial charge in [-0.25, -0.2) is 0 Å². The molecule has 0 fully saturated rings. The minimum atomic E-state index is -0.00551. The van der Waals surface area contributed by atoms with E-state index in [1.54, 1.807) is 14.2 Å². The van der Waals surface area contributed by atoms with Gasteiger partial charge in [-0.05, 0) is 17.7 Å². The number of hydrogen-bond donors (Lipinski definition) is 1. The molecule has 3 nitrogen and oxygen atoms in total. The third-order valence-electron chi connectivity index (χ3n) is 2.83. The fourth-order valence-corrected chi connectivity index (χ4v) is 1.81. The Morgan fingerprint density at radius 3 is 2.35 bits per heavy atom. The lowest BCUT2D eigenvalue weighted by molar-refractivity contribution is 0.353. The Labute approximate surface area is 108 Å². The van der Waals surface area contributed by atoms with Gasteiger partial charge < -0.3 is 14.8 Å². The SMILES string of the molecule is COc1ccc(C(C)(C)CNCCl)cc1OC. The van der Waals surface area contributed by atoms with Crippen molar-refractivity contribution < 1.29 is 9.47 Å². The lowest BCUT2D eigenvalue weighted by Gasteiger charge is -2.26. The maximum atomic E-state index is 5.65. The Hall–Kier alpha value is -0.930. The lowest BCUT2D eigenvalue weighted by Crippen LogP contribution is -2.32. The Morgan fingerprint density at radius 1 is 1.18 bits per heavy atom. The Balaban J connectivity index is 2.98. The van der Waals surface area contributed by atoms with Crippen molar-refractivity contribution in [2.24, 2.45) is 0 Å². The maximum absolute atomic E-state index is 5.65. The third kappa shape index (κ3) is 3.51. The lowest BCUT2D eigenvalue weighted by atomic mass is 9.84. The van der Waals surface area contributed by atoms with Crippen molar-refractivity contribution in [3.63, 3.8) is 0 Å². The molecule has 1 N–H and O–H groups in total. The summed E-state index contributed by atoms with van der Waals surface area (Å²) in [6.45, 7) is 5.13. The van der Waals surface area contributed by atoms with E-state index < -0.39 is 0 Å². The second kappa shape index (κ2) is 6.12. The van der Waals surface area contributed by atoms with Crippen LogP contribution in [0.4, 0.5) is 0 Å². The zero-order chi connectivity index (χ0) is 12.9. The number of ether oxygens (including phenoxy) is 2. The van der Waals surface area contributed by atoms with Crippen LogP contribution < -0.4 is 14.8 Å².